The lowest BCUT2D eigenvalue weighted by Gasteiger charge is -2.19. The monoisotopic (exact) mass is 341 g/mol. The summed E-state index contributed by atoms with van der Waals surface area (Å²) < 4.78 is 2.89. The first-order valence-electron chi connectivity index (χ1n) is 6.16. The molecule has 0 aliphatic heterocycles. The van der Waals surface area contributed by atoms with E-state index in [1.54, 1.807) is 6.20 Å². The molecule has 19 heavy (non-hydrogen) atoms. The molecule has 0 radical (unpaired) electrons. The molecule has 0 bridgehead atoms. The van der Waals surface area contributed by atoms with Crippen molar-refractivity contribution in [3.8, 4) is 0 Å². The number of halogens is 2. The number of rotatable bonds is 3. The Morgan fingerprint density at radius 1 is 1.37 bits per heavy atom. The summed E-state index contributed by atoms with van der Waals surface area (Å²) in [6.45, 7) is 6.17. The third-order valence-electron chi connectivity index (χ3n) is 3.15. The van der Waals surface area contributed by atoms with Crippen LogP contribution in [0.15, 0.2) is 28.9 Å². The lowest BCUT2D eigenvalue weighted by Crippen LogP contribution is -2.20. The summed E-state index contributed by atoms with van der Waals surface area (Å²) in [7, 11) is 0. The summed E-state index contributed by atoms with van der Waals surface area (Å²) >= 11 is 9.73. The van der Waals surface area contributed by atoms with Gasteiger partial charge in [0, 0.05) is 10.5 Å². The van der Waals surface area contributed by atoms with Gasteiger partial charge in [-0.05, 0) is 44.0 Å². The average Bonchev–Trinajstić information content (AvgIpc) is 2.73. The first-order valence-corrected chi connectivity index (χ1v) is 7.33. The summed E-state index contributed by atoms with van der Waals surface area (Å²) in [6.07, 6.45) is 1.66. The third-order valence-corrected chi connectivity index (χ3v) is 3.93. The highest BCUT2D eigenvalue weighted by atomic mass is 79.9. The van der Waals surface area contributed by atoms with Gasteiger partial charge in [-0.3, -0.25) is 4.68 Å². The molecule has 5 heteroatoms. The Labute approximate surface area is 126 Å². The molecule has 102 valence electrons. The molecule has 1 heterocycles. The summed E-state index contributed by atoms with van der Waals surface area (Å²) in [5.74, 6) is 0. The van der Waals surface area contributed by atoms with Crippen LogP contribution in [0.1, 0.15) is 42.8 Å². The minimum atomic E-state index is -0.283. The second-order valence-electron chi connectivity index (χ2n) is 4.89. The van der Waals surface area contributed by atoms with Gasteiger partial charge in [0.05, 0.1) is 23.0 Å². The normalized spacial score (nSPS) is 13.0. The zero-order chi connectivity index (χ0) is 14.2. The molecule has 1 unspecified atom stereocenters. The van der Waals surface area contributed by atoms with Crippen molar-refractivity contribution in [3.63, 3.8) is 0 Å². The molecule has 1 aromatic carbocycles. The van der Waals surface area contributed by atoms with E-state index < -0.39 is 0 Å². The number of hydrogen-bond acceptors (Lipinski definition) is 2. The largest absolute Gasteiger partial charge is 0.319 e. The molecule has 0 saturated heterocycles. The fourth-order valence-corrected chi connectivity index (χ4v) is 2.77. The highest BCUT2D eigenvalue weighted by molar-refractivity contribution is 9.10. The minimum Gasteiger partial charge on any atom is -0.319 e. The van der Waals surface area contributed by atoms with Gasteiger partial charge in [-0.1, -0.05) is 33.6 Å². The van der Waals surface area contributed by atoms with Crippen molar-refractivity contribution in [2.75, 3.05) is 0 Å². The molecule has 2 rings (SSSR count). The fraction of sp³-hybridized carbons (Fsp3) is 0.357. The van der Waals surface area contributed by atoms with Crippen LogP contribution in [0, 0.1) is 6.92 Å². The SMILES string of the molecule is Cc1ccc(Br)cc1C(N)c1c(Cl)cnn1C(C)C. The Kier molecular flexibility index (Phi) is 4.33. The van der Waals surface area contributed by atoms with Gasteiger partial charge in [0.2, 0.25) is 0 Å². The number of aryl methyl sites for hydroxylation is 1. The van der Waals surface area contributed by atoms with E-state index in [9.17, 15) is 0 Å². The van der Waals surface area contributed by atoms with Crippen LogP contribution in [0.5, 0.6) is 0 Å². The Morgan fingerprint density at radius 3 is 2.68 bits per heavy atom. The molecule has 1 aromatic heterocycles. The highest BCUT2D eigenvalue weighted by Gasteiger charge is 2.21. The number of hydrogen-bond donors (Lipinski definition) is 1. The standard InChI is InChI=1S/C14H17BrClN3/c1-8(2)19-14(12(16)7-18-19)13(17)11-6-10(15)5-4-9(11)3/h4-8,13H,17H2,1-3H3. The first kappa shape index (κ1) is 14.6. The topological polar surface area (TPSA) is 43.8 Å². The second kappa shape index (κ2) is 5.65. The Bertz CT molecular complexity index is 592. The third kappa shape index (κ3) is 2.86. The first-order chi connectivity index (χ1) is 8.91. The van der Waals surface area contributed by atoms with Crippen molar-refractivity contribution in [2.24, 2.45) is 5.73 Å². The Morgan fingerprint density at radius 2 is 2.05 bits per heavy atom. The van der Waals surface area contributed by atoms with E-state index in [-0.39, 0.29) is 12.1 Å². The van der Waals surface area contributed by atoms with E-state index in [2.05, 4.69) is 34.9 Å². The van der Waals surface area contributed by atoms with Crippen LogP contribution in [-0.2, 0) is 0 Å². The van der Waals surface area contributed by atoms with Crippen molar-refractivity contribution in [1.29, 1.82) is 0 Å². The summed E-state index contributed by atoms with van der Waals surface area (Å²) in [4.78, 5) is 0. The highest BCUT2D eigenvalue weighted by Crippen LogP contribution is 2.31. The molecule has 0 aliphatic carbocycles. The Balaban J connectivity index is 2.52. The van der Waals surface area contributed by atoms with Gasteiger partial charge in [0.1, 0.15) is 0 Å². The predicted molar refractivity (Wildman–Crippen MR) is 82.5 cm³/mol. The smallest absolute Gasteiger partial charge is 0.0837 e. The molecule has 2 N–H and O–H groups in total. The molecule has 0 saturated carbocycles. The molecular weight excluding hydrogens is 326 g/mol. The van der Waals surface area contributed by atoms with Crippen LogP contribution in [0.3, 0.4) is 0 Å². The van der Waals surface area contributed by atoms with Crippen molar-refractivity contribution < 1.29 is 0 Å². The van der Waals surface area contributed by atoms with Crippen LogP contribution >= 0.6 is 27.5 Å². The summed E-state index contributed by atoms with van der Waals surface area (Å²) in [5, 5.41) is 4.92. The van der Waals surface area contributed by atoms with Crippen molar-refractivity contribution in [3.05, 3.63) is 50.7 Å². The van der Waals surface area contributed by atoms with Gasteiger partial charge < -0.3 is 5.73 Å². The van der Waals surface area contributed by atoms with Gasteiger partial charge in [-0.2, -0.15) is 5.10 Å². The van der Waals surface area contributed by atoms with Crippen LogP contribution < -0.4 is 5.73 Å². The maximum absolute atomic E-state index is 6.40. The zero-order valence-corrected chi connectivity index (χ0v) is 13.5. The van der Waals surface area contributed by atoms with Crippen molar-refractivity contribution in [2.45, 2.75) is 32.9 Å². The second-order valence-corrected chi connectivity index (χ2v) is 6.22. The average molecular weight is 343 g/mol. The van der Waals surface area contributed by atoms with E-state index in [0.717, 1.165) is 21.3 Å². The van der Waals surface area contributed by atoms with Crippen LogP contribution in [-0.4, -0.2) is 9.78 Å². The molecule has 0 aliphatic rings. The zero-order valence-electron chi connectivity index (χ0n) is 11.2. The molecule has 3 nitrogen and oxygen atoms in total. The quantitative estimate of drug-likeness (QED) is 0.907. The number of aromatic nitrogens is 2. The van der Waals surface area contributed by atoms with E-state index in [1.807, 2.05) is 29.8 Å². The Hall–Kier alpha value is -0.840. The molecule has 0 spiro atoms. The lowest BCUT2D eigenvalue weighted by atomic mass is 9.99. The van der Waals surface area contributed by atoms with Crippen molar-refractivity contribution >= 4 is 27.5 Å². The van der Waals surface area contributed by atoms with E-state index in [0.29, 0.717) is 5.02 Å². The summed E-state index contributed by atoms with van der Waals surface area (Å²) in [5.41, 5.74) is 9.46. The van der Waals surface area contributed by atoms with Gasteiger partial charge in [0.15, 0.2) is 0 Å². The molecule has 0 amide bonds. The predicted octanol–water partition coefficient (Wildman–Crippen LogP) is 4.24. The lowest BCUT2D eigenvalue weighted by molar-refractivity contribution is 0.499. The fourth-order valence-electron chi connectivity index (χ4n) is 2.15. The van der Waals surface area contributed by atoms with Gasteiger partial charge >= 0.3 is 0 Å². The van der Waals surface area contributed by atoms with E-state index in [4.69, 9.17) is 17.3 Å². The van der Waals surface area contributed by atoms with Gasteiger partial charge in [-0.15, -0.1) is 0 Å². The number of nitrogens with two attached hydrogens (primary N) is 1. The van der Waals surface area contributed by atoms with Crippen LogP contribution in [0.25, 0.3) is 0 Å². The number of benzene rings is 1. The summed E-state index contributed by atoms with van der Waals surface area (Å²) in [6, 6.07) is 6.03. The molecule has 0 fully saturated rings. The molecule has 1 atom stereocenters. The minimum absolute atomic E-state index is 0.223. The maximum Gasteiger partial charge on any atom is 0.0837 e. The van der Waals surface area contributed by atoms with E-state index >= 15 is 0 Å². The molecule has 2 aromatic rings. The molecular formula is C14H17BrClN3. The van der Waals surface area contributed by atoms with Gasteiger partial charge in [0.25, 0.3) is 0 Å². The number of nitrogens with zero attached hydrogens (tertiary/aromatic N) is 2. The van der Waals surface area contributed by atoms with Crippen molar-refractivity contribution in [1.82, 2.24) is 9.78 Å². The van der Waals surface area contributed by atoms with Gasteiger partial charge in [-0.25, -0.2) is 0 Å². The van der Waals surface area contributed by atoms with Crippen LogP contribution in [0.2, 0.25) is 5.02 Å². The van der Waals surface area contributed by atoms with E-state index in [1.165, 1.54) is 0 Å². The maximum atomic E-state index is 6.40. The van der Waals surface area contributed by atoms with Crippen LogP contribution in [0.4, 0.5) is 0 Å².